The van der Waals surface area contributed by atoms with E-state index in [1.54, 1.807) is 0 Å². The van der Waals surface area contributed by atoms with Gasteiger partial charge in [-0.2, -0.15) is 0 Å². The van der Waals surface area contributed by atoms with Crippen LogP contribution in [0.15, 0.2) is 29.2 Å². The minimum absolute atomic E-state index is 0.0572. The molecule has 0 radical (unpaired) electrons. The highest BCUT2D eigenvalue weighted by Gasteiger charge is 2.29. The number of amides is 1. The van der Waals surface area contributed by atoms with Crippen LogP contribution in [-0.2, 0) is 24.6 Å². The average Bonchev–Trinajstić information content (AvgIpc) is 3.22. The summed E-state index contributed by atoms with van der Waals surface area (Å²) in [7, 11) is -6.74. The first-order chi connectivity index (χ1) is 12.3. The molecule has 2 N–H and O–H groups in total. The van der Waals surface area contributed by atoms with Crippen molar-refractivity contribution < 1.29 is 26.4 Å². The van der Waals surface area contributed by atoms with E-state index < -0.39 is 31.8 Å². The van der Waals surface area contributed by atoms with E-state index in [2.05, 4.69) is 10.0 Å². The van der Waals surface area contributed by atoms with Gasteiger partial charge in [-0.25, -0.2) is 21.6 Å². The Morgan fingerprint density at radius 3 is 2.50 bits per heavy atom. The second-order valence-electron chi connectivity index (χ2n) is 6.58. The normalized spacial score (nSPS) is 25.2. The number of sulfonamides is 1. The minimum atomic E-state index is -3.67. The lowest BCUT2D eigenvalue weighted by Crippen LogP contribution is -2.35. The Labute approximate surface area is 153 Å². The van der Waals surface area contributed by atoms with Gasteiger partial charge < -0.3 is 10.1 Å². The molecule has 3 rings (SSSR count). The molecule has 0 aliphatic carbocycles. The predicted molar refractivity (Wildman–Crippen MR) is 95.1 cm³/mol. The molecular formula is C16H22N2O6S2. The molecule has 2 heterocycles. The van der Waals surface area contributed by atoms with Gasteiger partial charge in [0.15, 0.2) is 9.84 Å². The van der Waals surface area contributed by atoms with Gasteiger partial charge in [0.25, 0.3) is 5.91 Å². The van der Waals surface area contributed by atoms with Crippen molar-refractivity contribution in [2.45, 2.75) is 36.3 Å². The summed E-state index contributed by atoms with van der Waals surface area (Å²) in [6.07, 6.45) is 2.06. The van der Waals surface area contributed by atoms with E-state index in [1.807, 2.05) is 0 Å². The molecule has 0 unspecified atom stereocenters. The van der Waals surface area contributed by atoms with E-state index in [-0.39, 0.29) is 34.6 Å². The third-order valence-corrected chi connectivity index (χ3v) is 7.73. The quantitative estimate of drug-likeness (QED) is 0.695. The molecule has 8 nitrogen and oxygen atoms in total. The fraction of sp³-hybridized carbons (Fsp3) is 0.562. The van der Waals surface area contributed by atoms with Gasteiger partial charge in [0.2, 0.25) is 10.0 Å². The van der Waals surface area contributed by atoms with Crippen molar-refractivity contribution in [2.75, 3.05) is 24.7 Å². The van der Waals surface area contributed by atoms with Gasteiger partial charge in [-0.15, -0.1) is 0 Å². The third kappa shape index (κ3) is 4.81. The van der Waals surface area contributed by atoms with Crippen molar-refractivity contribution in [3.05, 3.63) is 29.8 Å². The number of carbonyl (C=O) groups excluding carboxylic acids is 1. The van der Waals surface area contributed by atoms with Crippen molar-refractivity contribution >= 4 is 25.8 Å². The van der Waals surface area contributed by atoms with Crippen molar-refractivity contribution in [3.8, 4) is 0 Å². The summed E-state index contributed by atoms with van der Waals surface area (Å²) in [5, 5.41) is 2.67. The number of hydrogen-bond donors (Lipinski definition) is 2. The van der Waals surface area contributed by atoms with E-state index in [0.29, 0.717) is 13.0 Å². The molecule has 1 aromatic carbocycles. The molecule has 26 heavy (non-hydrogen) atoms. The Balaban J connectivity index is 1.59. The van der Waals surface area contributed by atoms with Crippen LogP contribution >= 0.6 is 0 Å². The summed E-state index contributed by atoms with van der Waals surface area (Å²) in [6, 6.07) is 5.15. The maximum absolute atomic E-state index is 12.3. The highest BCUT2D eigenvalue weighted by atomic mass is 32.2. The predicted octanol–water partition coefficient (Wildman–Crippen LogP) is 0.0608. The SMILES string of the molecule is O=C(N[C@@H]1CCS(=O)(=O)C1)c1ccc(S(=O)(=O)NC[C@@H]2CCCO2)cc1. The Morgan fingerprint density at radius 2 is 1.92 bits per heavy atom. The summed E-state index contributed by atoms with van der Waals surface area (Å²) < 4.78 is 55.4. The lowest BCUT2D eigenvalue weighted by atomic mass is 10.2. The number of benzene rings is 1. The van der Waals surface area contributed by atoms with Crippen LogP contribution in [0.4, 0.5) is 0 Å². The third-order valence-electron chi connectivity index (χ3n) is 4.52. The molecule has 0 saturated carbocycles. The monoisotopic (exact) mass is 402 g/mol. The van der Waals surface area contributed by atoms with Gasteiger partial charge in [-0.1, -0.05) is 0 Å². The van der Waals surface area contributed by atoms with E-state index >= 15 is 0 Å². The topological polar surface area (TPSA) is 119 Å². The number of rotatable bonds is 6. The van der Waals surface area contributed by atoms with Gasteiger partial charge in [-0.3, -0.25) is 4.79 Å². The molecule has 144 valence electrons. The molecule has 10 heteroatoms. The molecule has 2 atom stereocenters. The Kier molecular flexibility index (Phi) is 5.66. The zero-order valence-electron chi connectivity index (χ0n) is 14.2. The Morgan fingerprint density at radius 1 is 1.19 bits per heavy atom. The molecule has 2 aliphatic heterocycles. The first kappa shape index (κ1) is 19.3. The summed E-state index contributed by atoms with van der Waals surface area (Å²) in [6.45, 7) is 0.874. The minimum Gasteiger partial charge on any atom is -0.377 e. The second kappa shape index (κ2) is 7.63. The van der Waals surface area contributed by atoms with Gasteiger partial charge in [0, 0.05) is 24.8 Å². The first-order valence-corrected chi connectivity index (χ1v) is 11.8. The molecule has 2 fully saturated rings. The van der Waals surface area contributed by atoms with Crippen LogP contribution in [-0.4, -0.2) is 59.5 Å². The van der Waals surface area contributed by atoms with E-state index in [4.69, 9.17) is 4.74 Å². The molecule has 0 bridgehead atoms. The maximum atomic E-state index is 12.3. The second-order valence-corrected chi connectivity index (χ2v) is 10.6. The standard InChI is InChI=1S/C16H22N2O6S2/c19-16(18-13-7-9-25(20,21)11-13)12-3-5-15(6-4-12)26(22,23)17-10-14-2-1-8-24-14/h3-6,13-14,17H,1-2,7-11H2,(H,18,19)/t13-,14+/m1/s1. The lowest BCUT2D eigenvalue weighted by molar-refractivity contribution is 0.0941. The number of sulfone groups is 1. The smallest absolute Gasteiger partial charge is 0.251 e. The maximum Gasteiger partial charge on any atom is 0.251 e. The average molecular weight is 402 g/mol. The summed E-state index contributed by atoms with van der Waals surface area (Å²) in [4.78, 5) is 12.3. The molecule has 2 saturated heterocycles. The van der Waals surface area contributed by atoms with Crippen molar-refractivity contribution in [1.82, 2.24) is 10.0 Å². The zero-order valence-corrected chi connectivity index (χ0v) is 15.8. The fourth-order valence-electron chi connectivity index (χ4n) is 3.05. The molecule has 2 aliphatic rings. The van der Waals surface area contributed by atoms with Gasteiger partial charge >= 0.3 is 0 Å². The largest absolute Gasteiger partial charge is 0.377 e. The van der Waals surface area contributed by atoms with Gasteiger partial charge in [0.1, 0.15) is 0 Å². The zero-order chi connectivity index (χ0) is 18.8. The summed E-state index contributed by atoms with van der Waals surface area (Å²) in [5.41, 5.74) is 0.285. The van der Waals surface area contributed by atoms with Gasteiger partial charge in [0.05, 0.1) is 22.5 Å². The van der Waals surface area contributed by atoms with Crippen molar-refractivity contribution in [2.24, 2.45) is 0 Å². The Bertz CT molecular complexity index is 859. The van der Waals surface area contributed by atoms with Crippen LogP contribution in [0.2, 0.25) is 0 Å². The summed E-state index contributed by atoms with van der Waals surface area (Å²) in [5.74, 6) is -0.396. The van der Waals surface area contributed by atoms with Crippen LogP contribution in [0.25, 0.3) is 0 Å². The molecular weight excluding hydrogens is 380 g/mol. The number of ether oxygens (including phenoxy) is 1. The van der Waals surface area contributed by atoms with E-state index in [0.717, 1.165) is 12.8 Å². The van der Waals surface area contributed by atoms with Crippen LogP contribution < -0.4 is 10.0 Å². The van der Waals surface area contributed by atoms with Crippen molar-refractivity contribution in [3.63, 3.8) is 0 Å². The highest BCUT2D eigenvalue weighted by Crippen LogP contribution is 2.15. The van der Waals surface area contributed by atoms with Crippen LogP contribution in [0.1, 0.15) is 29.6 Å². The number of nitrogens with one attached hydrogen (secondary N) is 2. The highest BCUT2D eigenvalue weighted by molar-refractivity contribution is 7.91. The molecule has 0 aromatic heterocycles. The Hall–Kier alpha value is -1.49. The molecule has 0 spiro atoms. The first-order valence-electron chi connectivity index (χ1n) is 8.48. The summed E-state index contributed by atoms with van der Waals surface area (Å²) >= 11 is 0. The van der Waals surface area contributed by atoms with Crippen LogP contribution in [0.5, 0.6) is 0 Å². The van der Waals surface area contributed by atoms with E-state index in [9.17, 15) is 21.6 Å². The van der Waals surface area contributed by atoms with Gasteiger partial charge in [-0.05, 0) is 43.5 Å². The number of carbonyl (C=O) groups is 1. The van der Waals surface area contributed by atoms with Crippen LogP contribution in [0, 0.1) is 0 Å². The number of hydrogen-bond acceptors (Lipinski definition) is 6. The molecule has 1 aromatic rings. The van der Waals surface area contributed by atoms with Crippen molar-refractivity contribution in [1.29, 1.82) is 0 Å². The van der Waals surface area contributed by atoms with Crippen LogP contribution in [0.3, 0.4) is 0 Å². The van der Waals surface area contributed by atoms with E-state index in [1.165, 1.54) is 24.3 Å². The lowest BCUT2D eigenvalue weighted by Gasteiger charge is -2.13. The molecule has 1 amide bonds. The fourth-order valence-corrected chi connectivity index (χ4v) is 5.79.